The average Bonchev–Trinajstić information content (AvgIpc) is 2.95. The molecule has 128 valence electrons. The van der Waals surface area contributed by atoms with Gasteiger partial charge in [0.2, 0.25) is 5.92 Å². The van der Waals surface area contributed by atoms with E-state index in [1.807, 2.05) is 30.3 Å². The molecule has 24 heavy (non-hydrogen) atoms. The number of hydrogen-bond donors (Lipinski definition) is 0. The Labute approximate surface area is 146 Å². The average molecular weight is 399 g/mol. The third-order valence-electron chi connectivity index (χ3n) is 4.18. The highest BCUT2D eigenvalue weighted by atomic mass is 79.9. The lowest BCUT2D eigenvalue weighted by atomic mass is 9.92. The monoisotopic (exact) mass is 398 g/mol. The van der Waals surface area contributed by atoms with Gasteiger partial charge in [0.05, 0.1) is 6.04 Å². The fourth-order valence-electron chi connectivity index (χ4n) is 2.78. The SMILES string of the molecule is O=C(OCc1ccccc1)c1cn(C2CCC(F)(F)CC2)nc1Br. The molecule has 7 heteroatoms. The third-order valence-corrected chi connectivity index (χ3v) is 4.77. The minimum absolute atomic E-state index is 0.114. The minimum Gasteiger partial charge on any atom is -0.457 e. The van der Waals surface area contributed by atoms with Crippen molar-refractivity contribution in [2.75, 3.05) is 0 Å². The van der Waals surface area contributed by atoms with Crippen molar-refractivity contribution in [3.8, 4) is 0 Å². The number of rotatable bonds is 4. The lowest BCUT2D eigenvalue weighted by molar-refractivity contribution is -0.0450. The number of nitrogens with zero attached hydrogens (tertiary/aromatic N) is 2. The third kappa shape index (κ3) is 4.01. The van der Waals surface area contributed by atoms with E-state index in [-0.39, 0.29) is 25.5 Å². The molecule has 1 fully saturated rings. The van der Waals surface area contributed by atoms with Crippen molar-refractivity contribution in [3.05, 3.63) is 52.3 Å². The molecule has 0 radical (unpaired) electrons. The van der Waals surface area contributed by atoms with E-state index in [0.717, 1.165) is 5.56 Å². The van der Waals surface area contributed by atoms with Crippen LogP contribution >= 0.6 is 15.9 Å². The number of halogens is 3. The van der Waals surface area contributed by atoms with Crippen molar-refractivity contribution in [3.63, 3.8) is 0 Å². The summed E-state index contributed by atoms with van der Waals surface area (Å²) in [5.74, 6) is -3.07. The molecule has 4 nitrogen and oxygen atoms in total. The summed E-state index contributed by atoms with van der Waals surface area (Å²) in [5, 5.41) is 4.25. The van der Waals surface area contributed by atoms with Crippen molar-refractivity contribution < 1.29 is 18.3 Å². The molecular weight excluding hydrogens is 382 g/mol. The van der Waals surface area contributed by atoms with E-state index in [4.69, 9.17) is 4.74 Å². The van der Waals surface area contributed by atoms with Gasteiger partial charge < -0.3 is 4.74 Å². The number of ether oxygens (including phenoxy) is 1. The van der Waals surface area contributed by atoms with Crippen LogP contribution in [-0.2, 0) is 11.3 Å². The van der Waals surface area contributed by atoms with Gasteiger partial charge in [-0.3, -0.25) is 4.68 Å². The Morgan fingerprint density at radius 3 is 2.62 bits per heavy atom. The van der Waals surface area contributed by atoms with Gasteiger partial charge in [-0.05, 0) is 34.3 Å². The zero-order chi connectivity index (χ0) is 17.2. The second-order valence-electron chi connectivity index (χ2n) is 5.96. The maximum atomic E-state index is 13.3. The number of carbonyl (C=O) groups is 1. The van der Waals surface area contributed by atoms with Gasteiger partial charge >= 0.3 is 5.97 Å². The Hall–Kier alpha value is -1.76. The second kappa shape index (κ2) is 7.01. The molecule has 0 amide bonds. The van der Waals surface area contributed by atoms with Gasteiger partial charge in [-0.1, -0.05) is 30.3 Å². The number of esters is 1. The number of benzene rings is 1. The van der Waals surface area contributed by atoms with Gasteiger partial charge in [0.25, 0.3) is 0 Å². The molecule has 0 saturated heterocycles. The zero-order valence-electron chi connectivity index (χ0n) is 12.9. The topological polar surface area (TPSA) is 44.1 Å². The van der Waals surface area contributed by atoms with Crippen LogP contribution in [-0.4, -0.2) is 21.7 Å². The predicted molar refractivity (Wildman–Crippen MR) is 87.9 cm³/mol. The number of hydrogen-bond acceptors (Lipinski definition) is 3. The molecule has 0 N–H and O–H groups in total. The molecule has 0 aliphatic heterocycles. The quantitative estimate of drug-likeness (QED) is 0.697. The Kier molecular flexibility index (Phi) is 4.99. The lowest BCUT2D eigenvalue weighted by Crippen LogP contribution is -2.26. The predicted octanol–water partition coefficient (Wildman–Crippen LogP) is 4.75. The van der Waals surface area contributed by atoms with Gasteiger partial charge in [0, 0.05) is 19.0 Å². The van der Waals surface area contributed by atoms with Crippen LogP contribution in [0.5, 0.6) is 0 Å². The summed E-state index contributed by atoms with van der Waals surface area (Å²) in [6.07, 6.45) is 1.97. The van der Waals surface area contributed by atoms with E-state index in [1.54, 1.807) is 10.9 Å². The van der Waals surface area contributed by atoms with Gasteiger partial charge in [0.15, 0.2) is 0 Å². The molecule has 0 spiro atoms. The van der Waals surface area contributed by atoms with Gasteiger partial charge in [-0.25, -0.2) is 13.6 Å². The zero-order valence-corrected chi connectivity index (χ0v) is 14.5. The molecular formula is C17H17BrF2N2O2. The second-order valence-corrected chi connectivity index (χ2v) is 6.71. The van der Waals surface area contributed by atoms with Gasteiger partial charge in [-0.2, -0.15) is 5.10 Å². The van der Waals surface area contributed by atoms with Crippen LogP contribution in [0.3, 0.4) is 0 Å². The van der Waals surface area contributed by atoms with Crippen LogP contribution in [0.25, 0.3) is 0 Å². The summed E-state index contributed by atoms with van der Waals surface area (Å²) in [7, 11) is 0. The van der Waals surface area contributed by atoms with Crippen LogP contribution in [0.1, 0.15) is 47.6 Å². The minimum atomic E-state index is -2.58. The van der Waals surface area contributed by atoms with Crippen molar-refractivity contribution >= 4 is 21.9 Å². The van der Waals surface area contributed by atoms with Crippen LogP contribution in [0.2, 0.25) is 0 Å². The molecule has 3 rings (SSSR count). The van der Waals surface area contributed by atoms with Crippen LogP contribution in [0.15, 0.2) is 41.1 Å². The summed E-state index contributed by atoms with van der Waals surface area (Å²) in [6.45, 7) is 0.174. The van der Waals surface area contributed by atoms with E-state index >= 15 is 0 Å². The van der Waals surface area contributed by atoms with E-state index in [1.165, 1.54) is 0 Å². The first-order valence-electron chi connectivity index (χ1n) is 7.78. The highest BCUT2D eigenvalue weighted by molar-refractivity contribution is 9.10. The number of carbonyl (C=O) groups excluding carboxylic acids is 1. The van der Waals surface area contributed by atoms with Gasteiger partial charge in [-0.15, -0.1) is 0 Å². The maximum Gasteiger partial charge on any atom is 0.342 e. The fourth-order valence-corrected chi connectivity index (χ4v) is 3.23. The van der Waals surface area contributed by atoms with Crippen LogP contribution < -0.4 is 0 Å². The molecule has 1 aliphatic carbocycles. The van der Waals surface area contributed by atoms with Crippen molar-refractivity contribution in [1.82, 2.24) is 9.78 Å². The van der Waals surface area contributed by atoms with Crippen molar-refractivity contribution in [2.45, 2.75) is 44.3 Å². The van der Waals surface area contributed by atoms with E-state index in [9.17, 15) is 13.6 Å². The lowest BCUT2D eigenvalue weighted by Gasteiger charge is -2.28. The van der Waals surface area contributed by atoms with Crippen LogP contribution in [0.4, 0.5) is 8.78 Å². The highest BCUT2D eigenvalue weighted by Gasteiger charge is 2.36. The number of alkyl halides is 2. The van der Waals surface area contributed by atoms with Crippen molar-refractivity contribution in [2.24, 2.45) is 0 Å². The molecule has 1 heterocycles. The van der Waals surface area contributed by atoms with Crippen molar-refractivity contribution in [1.29, 1.82) is 0 Å². The molecule has 2 aromatic rings. The van der Waals surface area contributed by atoms with Crippen LogP contribution in [0, 0.1) is 0 Å². The Bertz CT molecular complexity index is 709. The Morgan fingerprint density at radius 1 is 1.29 bits per heavy atom. The summed E-state index contributed by atoms with van der Waals surface area (Å²) in [4.78, 5) is 12.2. The molecule has 1 saturated carbocycles. The summed E-state index contributed by atoms with van der Waals surface area (Å²) >= 11 is 3.25. The first-order valence-corrected chi connectivity index (χ1v) is 8.57. The fraction of sp³-hybridized carbons (Fsp3) is 0.412. The summed E-state index contributed by atoms with van der Waals surface area (Å²) < 4.78 is 33.8. The van der Waals surface area contributed by atoms with E-state index in [2.05, 4.69) is 21.0 Å². The Balaban J connectivity index is 1.64. The Morgan fingerprint density at radius 2 is 1.96 bits per heavy atom. The normalized spacial score (nSPS) is 17.6. The van der Waals surface area contributed by atoms with E-state index < -0.39 is 11.9 Å². The first-order chi connectivity index (χ1) is 11.4. The molecule has 1 aromatic carbocycles. The first kappa shape index (κ1) is 17.1. The molecule has 0 atom stereocenters. The summed E-state index contributed by atoms with van der Waals surface area (Å²) in [6, 6.07) is 9.25. The molecule has 0 unspecified atom stereocenters. The highest BCUT2D eigenvalue weighted by Crippen LogP contribution is 2.38. The molecule has 0 bridgehead atoms. The smallest absolute Gasteiger partial charge is 0.342 e. The van der Waals surface area contributed by atoms with Gasteiger partial charge in [0.1, 0.15) is 16.8 Å². The summed E-state index contributed by atoms with van der Waals surface area (Å²) in [5.41, 5.74) is 1.20. The van der Waals surface area contributed by atoms with E-state index in [0.29, 0.717) is 23.0 Å². The molecule has 1 aromatic heterocycles. The standard InChI is InChI=1S/C17H17BrF2N2O2/c18-15-14(16(23)24-11-12-4-2-1-3-5-12)10-22(21-15)13-6-8-17(19,20)9-7-13/h1-5,10,13H,6-9,11H2. The number of aromatic nitrogens is 2. The largest absolute Gasteiger partial charge is 0.457 e. The molecule has 1 aliphatic rings. The maximum absolute atomic E-state index is 13.3.